The van der Waals surface area contributed by atoms with Gasteiger partial charge in [-0.1, -0.05) is 32.9 Å². The minimum Gasteiger partial charge on any atom is -0.508 e. The van der Waals surface area contributed by atoms with E-state index in [0.717, 1.165) is 11.3 Å². The van der Waals surface area contributed by atoms with E-state index in [1.165, 1.54) is 0 Å². The van der Waals surface area contributed by atoms with Gasteiger partial charge in [-0.3, -0.25) is 0 Å². The molecular weight excluding hydrogens is 472 g/mol. The Morgan fingerprint density at radius 3 is 2.28 bits per heavy atom. The number of nitrogens with zero attached hydrogens (tertiary/aromatic N) is 2. The smallest absolute Gasteiger partial charge is 0.217 e. The summed E-state index contributed by atoms with van der Waals surface area (Å²) < 4.78 is 23.7. The maximum atomic E-state index is 10.4. The van der Waals surface area contributed by atoms with Crippen LogP contribution in [0, 0.1) is 0 Å². The molecule has 194 valence electrons. The first-order chi connectivity index (χ1) is 16.9. The van der Waals surface area contributed by atoms with E-state index >= 15 is 0 Å². The van der Waals surface area contributed by atoms with Gasteiger partial charge in [0.25, 0.3) is 0 Å². The number of phenolic OH excluding ortho intramolecular Hbond substituents is 1. The molecule has 2 unspecified atom stereocenters. The number of rotatable bonds is 10. The second-order valence-electron chi connectivity index (χ2n) is 10.5. The normalized spacial score (nSPS) is 13.7. The molecule has 36 heavy (non-hydrogen) atoms. The second-order valence-corrected chi connectivity index (χ2v) is 15.2. The average Bonchev–Trinajstić information content (AvgIpc) is 2.82. The van der Waals surface area contributed by atoms with E-state index in [2.05, 4.69) is 43.8 Å². The SMILES string of the molecule is COc1ccc(COc2ccnc(-c3cc(O)cc(OC(C)C(C)O[Si](C)(C)C(C)(C)C)c3)n2)cc1. The molecule has 8 heteroatoms. The highest BCUT2D eigenvalue weighted by Gasteiger charge is 2.39. The lowest BCUT2D eigenvalue weighted by molar-refractivity contribution is 0.0677. The van der Waals surface area contributed by atoms with Crippen molar-refractivity contribution in [1.82, 2.24) is 9.97 Å². The predicted molar refractivity (Wildman–Crippen MR) is 144 cm³/mol. The molecule has 0 fully saturated rings. The van der Waals surface area contributed by atoms with Crippen molar-refractivity contribution in [2.75, 3.05) is 7.11 Å². The third-order valence-electron chi connectivity index (χ3n) is 6.60. The number of methoxy groups -OCH3 is 1. The largest absolute Gasteiger partial charge is 0.508 e. The van der Waals surface area contributed by atoms with Gasteiger partial charge >= 0.3 is 0 Å². The van der Waals surface area contributed by atoms with E-state index in [4.69, 9.17) is 18.6 Å². The first-order valence-electron chi connectivity index (χ1n) is 12.2. The van der Waals surface area contributed by atoms with Gasteiger partial charge in [0.15, 0.2) is 14.1 Å². The van der Waals surface area contributed by atoms with Crippen LogP contribution in [0.25, 0.3) is 11.4 Å². The van der Waals surface area contributed by atoms with Crippen molar-refractivity contribution >= 4 is 8.32 Å². The summed E-state index contributed by atoms with van der Waals surface area (Å²) in [5.41, 5.74) is 1.62. The topological polar surface area (TPSA) is 82.9 Å². The van der Waals surface area contributed by atoms with Crippen LogP contribution in [0.5, 0.6) is 23.1 Å². The van der Waals surface area contributed by atoms with Crippen LogP contribution >= 0.6 is 0 Å². The van der Waals surface area contributed by atoms with Crippen molar-refractivity contribution in [2.45, 2.75) is 71.6 Å². The number of hydrogen-bond donors (Lipinski definition) is 1. The average molecular weight is 511 g/mol. The second kappa shape index (κ2) is 11.3. The van der Waals surface area contributed by atoms with Gasteiger partial charge in [0.1, 0.15) is 30.0 Å². The van der Waals surface area contributed by atoms with E-state index in [9.17, 15) is 5.11 Å². The zero-order valence-corrected chi connectivity index (χ0v) is 23.5. The number of ether oxygens (including phenoxy) is 3. The van der Waals surface area contributed by atoms with Gasteiger partial charge in [-0.15, -0.1) is 0 Å². The van der Waals surface area contributed by atoms with Crippen LogP contribution in [0.15, 0.2) is 54.7 Å². The van der Waals surface area contributed by atoms with Crippen molar-refractivity contribution in [3.8, 4) is 34.5 Å². The molecule has 0 amide bonds. The third kappa shape index (κ3) is 7.21. The first-order valence-corrected chi connectivity index (χ1v) is 15.1. The molecule has 7 nitrogen and oxygen atoms in total. The van der Waals surface area contributed by atoms with E-state index in [1.807, 2.05) is 44.2 Å². The fraction of sp³-hybridized carbons (Fsp3) is 0.429. The Morgan fingerprint density at radius 1 is 0.944 bits per heavy atom. The summed E-state index contributed by atoms with van der Waals surface area (Å²) >= 11 is 0. The van der Waals surface area contributed by atoms with Crippen LogP contribution in [-0.2, 0) is 11.0 Å². The van der Waals surface area contributed by atoms with Crippen LogP contribution in [-0.4, -0.2) is 42.7 Å². The summed E-state index contributed by atoms with van der Waals surface area (Å²) in [6.07, 6.45) is 1.31. The van der Waals surface area contributed by atoms with Gasteiger partial charge in [0.05, 0.1) is 13.2 Å². The molecule has 0 spiro atoms. The molecule has 3 rings (SSSR count). The lowest BCUT2D eigenvalue weighted by atomic mass is 10.2. The number of aromatic hydroxyl groups is 1. The van der Waals surface area contributed by atoms with Gasteiger partial charge in [0.2, 0.25) is 5.88 Å². The van der Waals surface area contributed by atoms with Gasteiger partial charge in [-0.05, 0) is 61.8 Å². The summed E-state index contributed by atoms with van der Waals surface area (Å²) in [6, 6.07) is 14.4. The molecule has 0 saturated heterocycles. The summed E-state index contributed by atoms with van der Waals surface area (Å²) in [5.74, 6) is 2.25. The quantitative estimate of drug-likeness (QED) is 0.307. The molecule has 1 N–H and O–H groups in total. The van der Waals surface area contributed by atoms with E-state index in [1.54, 1.807) is 31.5 Å². The van der Waals surface area contributed by atoms with Crippen LogP contribution in [0.1, 0.15) is 40.2 Å². The maximum absolute atomic E-state index is 10.4. The minimum absolute atomic E-state index is 0.0702. The Hall–Kier alpha value is -3.10. The summed E-state index contributed by atoms with van der Waals surface area (Å²) in [5, 5.41) is 10.5. The molecule has 0 aliphatic carbocycles. The Labute approximate surface area is 215 Å². The molecule has 1 heterocycles. The highest BCUT2D eigenvalue weighted by Crippen LogP contribution is 2.38. The van der Waals surface area contributed by atoms with Crippen LogP contribution in [0.4, 0.5) is 0 Å². The number of aromatic nitrogens is 2. The zero-order chi connectivity index (χ0) is 26.5. The standard InChI is InChI=1S/C28H38N2O5Si/c1-19(20(2)35-36(7,8)28(3,4)5)34-25-16-22(15-23(31)17-25)27-29-14-13-26(30-27)33-18-21-9-11-24(32-6)12-10-21/h9-17,19-20,31H,18H2,1-8H3. The molecule has 0 aliphatic heterocycles. The van der Waals surface area contributed by atoms with Crippen molar-refractivity contribution in [3.63, 3.8) is 0 Å². The Kier molecular flexibility index (Phi) is 8.63. The van der Waals surface area contributed by atoms with Crippen LogP contribution < -0.4 is 14.2 Å². The summed E-state index contributed by atoms with van der Waals surface area (Å²) in [6.45, 7) is 15.5. The Bertz CT molecular complexity index is 1150. The predicted octanol–water partition coefficient (Wildman–Crippen LogP) is 6.61. The first kappa shape index (κ1) is 27.5. The zero-order valence-electron chi connectivity index (χ0n) is 22.5. The lowest BCUT2D eigenvalue weighted by Crippen LogP contribution is -2.46. The van der Waals surface area contributed by atoms with Crippen molar-refractivity contribution in [2.24, 2.45) is 0 Å². The monoisotopic (exact) mass is 510 g/mol. The number of hydrogen-bond acceptors (Lipinski definition) is 7. The van der Waals surface area contributed by atoms with E-state index in [-0.39, 0.29) is 23.0 Å². The van der Waals surface area contributed by atoms with Crippen LogP contribution in [0.2, 0.25) is 18.1 Å². The van der Waals surface area contributed by atoms with Crippen molar-refractivity contribution in [1.29, 1.82) is 0 Å². The van der Waals surface area contributed by atoms with Crippen molar-refractivity contribution < 1.29 is 23.7 Å². The van der Waals surface area contributed by atoms with E-state index in [0.29, 0.717) is 29.6 Å². The molecule has 1 aromatic heterocycles. The van der Waals surface area contributed by atoms with Gasteiger partial charge in [0, 0.05) is 23.9 Å². The van der Waals surface area contributed by atoms with Crippen molar-refractivity contribution in [3.05, 3.63) is 60.3 Å². The van der Waals surface area contributed by atoms with Crippen LogP contribution in [0.3, 0.4) is 0 Å². The fourth-order valence-electron chi connectivity index (χ4n) is 3.27. The molecular formula is C28H38N2O5Si. The molecule has 0 saturated carbocycles. The van der Waals surface area contributed by atoms with Gasteiger partial charge in [-0.2, -0.15) is 4.98 Å². The highest BCUT2D eigenvalue weighted by atomic mass is 28.4. The lowest BCUT2D eigenvalue weighted by Gasteiger charge is -2.39. The molecule has 3 aromatic rings. The molecule has 2 aromatic carbocycles. The summed E-state index contributed by atoms with van der Waals surface area (Å²) in [7, 11) is -0.301. The molecule has 0 radical (unpaired) electrons. The number of phenols is 1. The molecule has 0 bridgehead atoms. The minimum atomic E-state index is -1.94. The maximum Gasteiger partial charge on any atom is 0.217 e. The fourth-order valence-corrected chi connectivity index (χ4v) is 4.74. The van der Waals surface area contributed by atoms with Gasteiger partial charge < -0.3 is 23.7 Å². The molecule has 2 atom stereocenters. The number of benzene rings is 2. The van der Waals surface area contributed by atoms with E-state index < -0.39 is 8.32 Å². The third-order valence-corrected chi connectivity index (χ3v) is 11.2. The summed E-state index contributed by atoms with van der Waals surface area (Å²) in [4.78, 5) is 8.89. The Balaban J connectivity index is 1.71. The molecule has 0 aliphatic rings. The highest BCUT2D eigenvalue weighted by molar-refractivity contribution is 6.74. The van der Waals surface area contributed by atoms with Gasteiger partial charge in [-0.25, -0.2) is 4.98 Å². The Morgan fingerprint density at radius 2 is 1.64 bits per heavy atom.